The van der Waals surface area contributed by atoms with Crippen LogP contribution in [0.5, 0.6) is 11.5 Å². The van der Waals surface area contributed by atoms with Gasteiger partial charge in [-0.1, -0.05) is 11.6 Å². The number of fused-ring (bicyclic) bond motifs is 1. The Morgan fingerprint density at radius 1 is 1.14 bits per heavy atom. The lowest BCUT2D eigenvalue weighted by Crippen LogP contribution is -2.21. The van der Waals surface area contributed by atoms with Crippen LogP contribution in [0.25, 0.3) is 0 Å². The molecule has 1 atom stereocenters. The van der Waals surface area contributed by atoms with E-state index in [1.165, 1.54) is 0 Å². The summed E-state index contributed by atoms with van der Waals surface area (Å²) in [5.74, 6) is 1.01. The normalized spacial score (nSPS) is 21.6. The molecule has 0 unspecified atom stereocenters. The highest BCUT2D eigenvalue weighted by atomic mass is 35.5. The van der Waals surface area contributed by atoms with Crippen molar-refractivity contribution in [1.29, 1.82) is 0 Å². The fourth-order valence-corrected chi connectivity index (χ4v) is 4.65. The van der Waals surface area contributed by atoms with Crippen LogP contribution in [0.2, 0.25) is 5.02 Å². The van der Waals surface area contributed by atoms with Gasteiger partial charge < -0.3 is 14.2 Å². The molecule has 0 bridgehead atoms. The van der Waals surface area contributed by atoms with Gasteiger partial charge in [-0.3, -0.25) is 0 Å². The first-order chi connectivity index (χ1) is 10.5. The molecule has 22 heavy (non-hydrogen) atoms. The van der Waals surface area contributed by atoms with Gasteiger partial charge in [0, 0.05) is 13.0 Å². The summed E-state index contributed by atoms with van der Waals surface area (Å²) in [6, 6.07) is 3.35. The lowest BCUT2D eigenvalue weighted by molar-refractivity contribution is 0.127. The number of hydrogen-bond donors (Lipinski definition) is 0. The number of ether oxygens (including phenoxy) is 3. The quantitative estimate of drug-likeness (QED) is 0.838. The smallest absolute Gasteiger partial charge is 0.179 e. The summed E-state index contributed by atoms with van der Waals surface area (Å²) in [7, 11) is -3.25. The summed E-state index contributed by atoms with van der Waals surface area (Å²) in [6.45, 7) is 1.73. The van der Waals surface area contributed by atoms with E-state index in [1.807, 2.05) is 0 Å². The Labute approximate surface area is 135 Å². The van der Waals surface area contributed by atoms with E-state index in [0.29, 0.717) is 41.9 Å². The fraction of sp³-hybridized carbons (Fsp3) is 0.600. The first-order valence-electron chi connectivity index (χ1n) is 7.43. The Kier molecular flexibility index (Phi) is 4.80. The molecule has 1 aromatic rings. The van der Waals surface area contributed by atoms with Gasteiger partial charge in [0.1, 0.15) is 0 Å². The van der Waals surface area contributed by atoms with Gasteiger partial charge in [0.15, 0.2) is 21.3 Å². The molecule has 1 aromatic carbocycles. The Hall–Kier alpha value is -0.980. The van der Waals surface area contributed by atoms with Crippen molar-refractivity contribution >= 4 is 21.4 Å². The molecule has 0 N–H and O–H groups in total. The second kappa shape index (κ2) is 6.64. The van der Waals surface area contributed by atoms with Crippen LogP contribution in [-0.4, -0.2) is 40.1 Å². The van der Waals surface area contributed by atoms with Crippen LogP contribution in [0.3, 0.4) is 0 Å². The van der Waals surface area contributed by atoms with Gasteiger partial charge in [0.05, 0.1) is 35.8 Å². The number of hydrogen-bond acceptors (Lipinski definition) is 5. The number of sulfone groups is 1. The molecule has 0 radical (unpaired) electrons. The summed E-state index contributed by atoms with van der Waals surface area (Å²) in [5.41, 5.74) is 0.618. The van der Waals surface area contributed by atoms with E-state index < -0.39 is 9.84 Å². The molecule has 0 amide bonds. The van der Waals surface area contributed by atoms with Crippen LogP contribution in [-0.2, 0) is 20.3 Å². The van der Waals surface area contributed by atoms with Gasteiger partial charge in [-0.25, -0.2) is 8.42 Å². The maximum Gasteiger partial charge on any atom is 0.179 e. The minimum absolute atomic E-state index is 0.0546. The highest BCUT2D eigenvalue weighted by Crippen LogP contribution is 2.38. The number of benzene rings is 1. The molecule has 2 aliphatic rings. The number of halogens is 1. The minimum atomic E-state index is -3.25. The average molecular weight is 347 g/mol. The molecule has 2 aliphatic heterocycles. The van der Waals surface area contributed by atoms with Crippen molar-refractivity contribution in [3.8, 4) is 11.5 Å². The Morgan fingerprint density at radius 2 is 1.95 bits per heavy atom. The highest BCUT2D eigenvalue weighted by Gasteiger charge is 2.25. The Balaban J connectivity index is 1.77. The van der Waals surface area contributed by atoms with Gasteiger partial charge in [0.2, 0.25) is 0 Å². The standard InChI is InChI=1S/C15H19ClO5S/c16-13-7-11(8-14-15(13)21-6-2-5-20-14)9-22(17,18)10-12-3-1-4-19-12/h7-8,12H,1-6,9-10H2/t12-/m1/s1. The Bertz CT molecular complexity index is 638. The van der Waals surface area contributed by atoms with Crippen LogP contribution in [0.15, 0.2) is 12.1 Å². The van der Waals surface area contributed by atoms with Crippen LogP contribution < -0.4 is 9.47 Å². The third-order valence-electron chi connectivity index (χ3n) is 3.71. The van der Waals surface area contributed by atoms with Gasteiger partial charge >= 0.3 is 0 Å². The first-order valence-corrected chi connectivity index (χ1v) is 9.63. The molecule has 3 rings (SSSR count). The molecule has 2 heterocycles. The molecule has 7 heteroatoms. The molecule has 1 fully saturated rings. The molecule has 0 spiro atoms. The molecule has 0 aromatic heterocycles. The van der Waals surface area contributed by atoms with E-state index in [-0.39, 0.29) is 17.6 Å². The Morgan fingerprint density at radius 3 is 2.73 bits per heavy atom. The summed E-state index contributed by atoms with van der Waals surface area (Å²) >= 11 is 6.19. The maximum absolute atomic E-state index is 12.3. The van der Waals surface area contributed by atoms with E-state index in [0.717, 1.165) is 19.3 Å². The molecule has 122 valence electrons. The van der Waals surface area contributed by atoms with Gasteiger partial charge in [-0.05, 0) is 30.5 Å². The minimum Gasteiger partial charge on any atom is -0.489 e. The van der Waals surface area contributed by atoms with Crippen LogP contribution in [0, 0.1) is 0 Å². The second-order valence-electron chi connectivity index (χ2n) is 5.64. The molecule has 0 aliphatic carbocycles. The van der Waals surface area contributed by atoms with E-state index >= 15 is 0 Å². The third-order valence-corrected chi connectivity index (χ3v) is 5.65. The monoisotopic (exact) mass is 346 g/mol. The predicted octanol–water partition coefficient (Wildman–Crippen LogP) is 2.60. The third kappa shape index (κ3) is 3.86. The lowest BCUT2D eigenvalue weighted by Gasteiger charge is -2.13. The largest absolute Gasteiger partial charge is 0.489 e. The van der Waals surface area contributed by atoms with Crippen molar-refractivity contribution in [2.75, 3.05) is 25.6 Å². The van der Waals surface area contributed by atoms with Gasteiger partial charge in [-0.2, -0.15) is 0 Å². The molecular formula is C15H19ClO5S. The SMILES string of the molecule is O=S(=O)(Cc1cc(Cl)c2c(c1)OCCCO2)C[C@H]1CCCO1. The second-order valence-corrected chi connectivity index (χ2v) is 8.16. The zero-order chi connectivity index (χ0) is 15.6. The number of rotatable bonds is 4. The predicted molar refractivity (Wildman–Crippen MR) is 83.5 cm³/mol. The fourth-order valence-electron chi connectivity index (χ4n) is 2.74. The van der Waals surface area contributed by atoms with Crippen molar-refractivity contribution in [2.24, 2.45) is 0 Å². The van der Waals surface area contributed by atoms with Crippen molar-refractivity contribution in [1.82, 2.24) is 0 Å². The maximum atomic E-state index is 12.3. The first kappa shape index (κ1) is 15.9. The van der Waals surface area contributed by atoms with E-state index in [2.05, 4.69) is 0 Å². The van der Waals surface area contributed by atoms with Crippen LogP contribution in [0.1, 0.15) is 24.8 Å². The van der Waals surface area contributed by atoms with E-state index in [1.54, 1.807) is 12.1 Å². The molecule has 0 saturated carbocycles. The molecular weight excluding hydrogens is 328 g/mol. The molecule has 5 nitrogen and oxygen atoms in total. The summed E-state index contributed by atoms with van der Waals surface area (Å²) in [6.07, 6.45) is 2.33. The summed E-state index contributed by atoms with van der Waals surface area (Å²) in [5, 5.41) is 0.390. The molecule has 1 saturated heterocycles. The highest BCUT2D eigenvalue weighted by molar-refractivity contribution is 7.90. The van der Waals surface area contributed by atoms with Crippen molar-refractivity contribution in [3.63, 3.8) is 0 Å². The zero-order valence-electron chi connectivity index (χ0n) is 12.2. The topological polar surface area (TPSA) is 61.8 Å². The van der Waals surface area contributed by atoms with E-state index in [9.17, 15) is 8.42 Å². The summed E-state index contributed by atoms with van der Waals surface area (Å²) in [4.78, 5) is 0. The van der Waals surface area contributed by atoms with Crippen molar-refractivity contribution in [2.45, 2.75) is 31.1 Å². The summed E-state index contributed by atoms with van der Waals surface area (Å²) < 4.78 is 41.2. The van der Waals surface area contributed by atoms with Gasteiger partial charge in [0.25, 0.3) is 0 Å². The van der Waals surface area contributed by atoms with Crippen molar-refractivity contribution in [3.05, 3.63) is 22.7 Å². The zero-order valence-corrected chi connectivity index (χ0v) is 13.8. The average Bonchev–Trinajstić information content (AvgIpc) is 2.80. The van der Waals surface area contributed by atoms with E-state index in [4.69, 9.17) is 25.8 Å². The van der Waals surface area contributed by atoms with Crippen LogP contribution in [0.4, 0.5) is 0 Å². The van der Waals surface area contributed by atoms with Gasteiger partial charge in [-0.15, -0.1) is 0 Å². The lowest BCUT2D eigenvalue weighted by atomic mass is 10.2. The van der Waals surface area contributed by atoms with Crippen molar-refractivity contribution < 1.29 is 22.6 Å². The van der Waals surface area contributed by atoms with Crippen LogP contribution >= 0.6 is 11.6 Å².